The molecule has 1 saturated heterocycles. The number of rotatable bonds is 7. The lowest BCUT2D eigenvalue weighted by atomic mass is 10.1. The highest BCUT2D eigenvalue weighted by Crippen LogP contribution is 2.14. The minimum Gasteiger partial charge on any atom is -0.334 e. The third-order valence-electron chi connectivity index (χ3n) is 4.61. The first kappa shape index (κ1) is 18.8. The second kappa shape index (κ2) is 9.64. The van der Waals surface area contributed by atoms with Crippen LogP contribution in [0.3, 0.4) is 0 Å². The molecular weight excluding hydrogens is 342 g/mol. The van der Waals surface area contributed by atoms with Gasteiger partial charge in [0.15, 0.2) is 0 Å². The van der Waals surface area contributed by atoms with Crippen LogP contribution in [0.5, 0.6) is 0 Å². The Balaban J connectivity index is 1.40. The van der Waals surface area contributed by atoms with Gasteiger partial charge in [0, 0.05) is 38.0 Å². The molecule has 4 nitrogen and oxygen atoms in total. The first-order chi connectivity index (χ1) is 12.7. The van der Waals surface area contributed by atoms with Crippen molar-refractivity contribution in [3.63, 3.8) is 0 Å². The standard InChI is InChI=1S/C21H27N3OS/c1-26-16-19-9-5-8-18(12-19)13-22-21(25)23-20-10-11-24(15-20)14-17-6-3-2-4-7-17/h2-9,12,20H,10-11,13-16H2,1H3,(H2,22,23,25). The van der Waals surface area contributed by atoms with E-state index < -0.39 is 0 Å². The predicted molar refractivity (Wildman–Crippen MR) is 109 cm³/mol. The largest absolute Gasteiger partial charge is 0.334 e. The molecule has 2 aromatic carbocycles. The third-order valence-corrected chi connectivity index (χ3v) is 5.23. The van der Waals surface area contributed by atoms with E-state index in [-0.39, 0.29) is 12.1 Å². The van der Waals surface area contributed by atoms with Gasteiger partial charge in [-0.3, -0.25) is 4.90 Å². The summed E-state index contributed by atoms with van der Waals surface area (Å²) in [6, 6.07) is 19.0. The van der Waals surface area contributed by atoms with Crippen molar-refractivity contribution < 1.29 is 4.79 Å². The second-order valence-corrected chi connectivity index (χ2v) is 7.65. The van der Waals surface area contributed by atoms with Crippen molar-refractivity contribution >= 4 is 17.8 Å². The number of nitrogens with zero attached hydrogens (tertiary/aromatic N) is 1. The van der Waals surface area contributed by atoms with Gasteiger partial charge in [-0.05, 0) is 29.4 Å². The van der Waals surface area contributed by atoms with Crippen molar-refractivity contribution in [2.45, 2.75) is 31.3 Å². The van der Waals surface area contributed by atoms with Crippen molar-refractivity contribution in [1.29, 1.82) is 0 Å². The summed E-state index contributed by atoms with van der Waals surface area (Å²) in [5, 5.41) is 6.09. The topological polar surface area (TPSA) is 44.4 Å². The fourth-order valence-corrected chi connectivity index (χ4v) is 3.86. The number of hydrogen-bond acceptors (Lipinski definition) is 3. The van der Waals surface area contributed by atoms with E-state index >= 15 is 0 Å². The number of carbonyl (C=O) groups is 1. The fraction of sp³-hybridized carbons (Fsp3) is 0.381. The number of thioether (sulfide) groups is 1. The van der Waals surface area contributed by atoms with Crippen molar-refractivity contribution in [2.24, 2.45) is 0 Å². The molecule has 5 heteroatoms. The van der Waals surface area contributed by atoms with Crippen LogP contribution in [0, 0.1) is 0 Å². The molecule has 1 heterocycles. The van der Waals surface area contributed by atoms with Crippen molar-refractivity contribution in [3.05, 3.63) is 71.3 Å². The van der Waals surface area contributed by atoms with Crippen LogP contribution in [-0.4, -0.2) is 36.3 Å². The molecule has 1 aliphatic heterocycles. The summed E-state index contributed by atoms with van der Waals surface area (Å²) in [4.78, 5) is 14.6. The SMILES string of the molecule is CSCc1cccc(CNC(=O)NC2CCN(Cc3ccccc3)C2)c1. The molecular formula is C21H27N3OS. The number of hydrogen-bond donors (Lipinski definition) is 2. The molecule has 0 spiro atoms. The van der Waals surface area contributed by atoms with Crippen molar-refractivity contribution in [3.8, 4) is 0 Å². The monoisotopic (exact) mass is 369 g/mol. The zero-order valence-corrected chi connectivity index (χ0v) is 16.1. The average Bonchev–Trinajstić information content (AvgIpc) is 3.08. The molecule has 0 saturated carbocycles. The minimum atomic E-state index is -0.0770. The summed E-state index contributed by atoms with van der Waals surface area (Å²) in [6.45, 7) is 3.44. The van der Waals surface area contributed by atoms with Crippen molar-refractivity contribution in [2.75, 3.05) is 19.3 Å². The van der Waals surface area contributed by atoms with E-state index in [1.807, 2.05) is 6.07 Å². The lowest BCUT2D eigenvalue weighted by molar-refractivity contribution is 0.235. The van der Waals surface area contributed by atoms with E-state index in [0.29, 0.717) is 6.54 Å². The Kier molecular flexibility index (Phi) is 6.97. The van der Waals surface area contributed by atoms with E-state index in [1.54, 1.807) is 11.8 Å². The summed E-state index contributed by atoms with van der Waals surface area (Å²) in [6.07, 6.45) is 3.10. The molecule has 0 aromatic heterocycles. The Morgan fingerprint density at radius 3 is 2.69 bits per heavy atom. The zero-order chi connectivity index (χ0) is 18.2. The molecule has 138 valence electrons. The molecule has 3 rings (SSSR count). The van der Waals surface area contributed by atoms with Crippen LogP contribution in [0.1, 0.15) is 23.1 Å². The van der Waals surface area contributed by atoms with E-state index in [2.05, 4.69) is 70.3 Å². The molecule has 0 bridgehead atoms. The van der Waals surface area contributed by atoms with E-state index in [4.69, 9.17) is 0 Å². The maximum Gasteiger partial charge on any atom is 0.315 e. The van der Waals surface area contributed by atoms with Crippen LogP contribution in [0.4, 0.5) is 4.79 Å². The van der Waals surface area contributed by atoms with Gasteiger partial charge in [0.2, 0.25) is 0 Å². The highest BCUT2D eigenvalue weighted by Gasteiger charge is 2.23. The van der Waals surface area contributed by atoms with Gasteiger partial charge in [-0.15, -0.1) is 0 Å². The van der Waals surface area contributed by atoms with Gasteiger partial charge in [0.05, 0.1) is 0 Å². The molecule has 1 fully saturated rings. The Hall–Kier alpha value is -1.98. The third kappa shape index (κ3) is 5.78. The average molecular weight is 370 g/mol. The Morgan fingerprint density at radius 2 is 1.88 bits per heavy atom. The molecule has 2 amide bonds. The Labute approximate surface area is 160 Å². The molecule has 1 atom stereocenters. The summed E-state index contributed by atoms with van der Waals surface area (Å²) < 4.78 is 0. The quantitative estimate of drug-likeness (QED) is 0.783. The lowest BCUT2D eigenvalue weighted by Gasteiger charge is -2.17. The molecule has 1 unspecified atom stereocenters. The van der Waals surface area contributed by atoms with Gasteiger partial charge in [-0.25, -0.2) is 4.79 Å². The van der Waals surface area contributed by atoms with Crippen molar-refractivity contribution in [1.82, 2.24) is 15.5 Å². The minimum absolute atomic E-state index is 0.0770. The van der Waals surface area contributed by atoms with Gasteiger partial charge in [0.1, 0.15) is 0 Å². The lowest BCUT2D eigenvalue weighted by Crippen LogP contribution is -2.43. The van der Waals surface area contributed by atoms with Crippen LogP contribution in [-0.2, 0) is 18.8 Å². The summed E-state index contributed by atoms with van der Waals surface area (Å²) in [7, 11) is 0. The highest BCUT2D eigenvalue weighted by molar-refractivity contribution is 7.97. The maximum absolute atomic E-state index is 12.2. The van der Waals surface area contributed by atoms with Crippen LogP contribution in [0.25, 0.3) is 0 Å². The number of benzene rings is 2. The first-order valence-electron chi connectivity index (χ1n) is 9.10. The number of nitrogens with one attached hydrogen (secondary N) is 2. The van der Waals surface area contributed by atoms with Gasteiger partial charge < -0.3 is 10.6 Å². The Bertz CT molecular complexity index is 707. The number of urea groups is 1. The number of likely N-dealkylation sites (tertiary alicyclic amines) is 1. The number of carbonyl (C=O) groups excluding carboxylic acids is 1. The molecule has 0 aliphatic carbocycles. The fourth-order valence-electron chi connectivity index (χ4n) is 3.35. The number of amides is 2. The van der Waals surface area contributed by atoms with Gasteiger partial charge in [-0.1, -0.05) is 54.6 Å². The van der Waals surface area contributed by atoms with Gasteiger partial charge >= 0.3 is 6.03 Å². The molecule has 2 N–H and O–H groups in total. The first-order valence-corrected chi connectivity index (χ1v) is 10.5. The second-order valence-electron chi connectivity index (χ2n) is 6.79. The highest BCUT2D eigenvalue weighted by atomic mass is 32.2. The summed E-state index contributed by atoms with van der Waals surface area (Å²) in [5.41, 5.74) is 3.76. The van der Waals surface area contributed by atoms with Crippen LogP contribution < -0.4 is 10.6 Å². The molecule has 1 aliphatic rings. The van der Waals surface area contributed by atoms with Crippen LogP contribution in [0.2, 0.25) is 0 Å². The normalized spacial score (nSPS) is 17.2. The van der Waals surface area contributed by atoms with E-state index in [0.717, 1.165) is 37.4 Å². The van der Waals surface area contributed by atoms with Crippen LogP contribution in [0.15, 0.2) is 54.6 Å². The van der Waals surface area contributed by atoms with Gasteiger partial charge in [0.25, 0.3) is 0 Å². The maximum atomic E-state index is 12.2. The molecule has 2 aromatic rings. The zero-order valence-electron chi connectivity index (χ0n) is 15.3. The van der Waals surface area contributed by atoms with Crippen LogP contribution >= 0.6 is 11.8 Å². The Morgan fingerprint density at radius 1 is 1.12 bits per heavy atom. The molecule has 26 heavy (non-hydrogen) atoms. The van der Waals surface area contributed by atoms with E-state index in [1.165, 1.54) is 11.1 Å². The molecule has 0 radical (unpaired) electrons. The van der Waals surface area contributed by atoms with E-state index in [9.17, 15) is 4.79 Å². The smallest absolute Gasteiger partial charge is 0.315 e. The summed E-state index contributed by atoms with van der Waals surface area (Å²) in [5.74, 6) is 0.999. The van der Waals surface area contributed by atoms with Gasteiger partial charge in [-0.2, -0.15) is 11.8 Å². The predicted octanol–water partition coefficient (Wildman–Crippen LogP) is 3.62. The summed E-state index contributed by atoms with van der Waals surface area (Å²) >= 11 is 1.81.